The Morgan fingerprint density at radius 3 is 2.59 bits per heavy atom. The van der Waals surface area contributed by atoms with Gasteiger partial charge >= 0.3 is 0 Å². The van der Waals surface area contributed by atoms with Crippen LogP contribution in [-0.2, 0) is 11.3 Å². The Kier molecular flexibility index (Phi) is 5.86. The fourth-order valence-electron chi connectivity index (χ4n) is 2.75. The number of carbonyl (C=O) groups is 2. The molecular formula is C20H21ClN2O4. The SMILES string of the molecule is CC(C)[C@H](NC(=O)c1ccccc1Cl)C(=O)NCc1ccc2c(c1)OCO2. The molecule has 2 amide bonds. The molecule has 1 aliphatic heterocycles. The number of hydrogen-bond donors (Lipinski definition) is 2. The van der Waals surface area contributed by atoms with E-state index in [1.54, 1.807) is 24.3 Å². The molecule has 0 aromatic heterocycles. The first-order chi connectivity index (χ1) is 13.0. The predicted molar refractivity (Wildman–Crippen MR) is 102 cm³/mol. The minimum atomic E-state index is -0.678. The molecule has 7 heteroatoms. The second-order valence-electron chi connectivity index (χ2n) is 6.58. The lowest BCUT2D eigenvalue weighted by molar-refractivity contribution is -0.124. The van der Waals surface area contributed by atoms with Crippen LogP contribution in [0.4, 0.5) is 0 Å². The fourth-order valence-corrected chi connectivity index (χ4v) is 2.97. The molecule has 0 saturated heterocycles. The van der Waals surface area contributed by atoms with Crippen molar-refractivity contribution in [1.29, 1.82) is 0 Å². The van der Waals surface area contributed by atoms with Gasteiger partial charge in [0.1, 0.15) is 6.04 Å². The molecule has 6 nitrogen and oxygen atoms in total. The summed E-state index contributed by atoms with van der Waals surface area (Å²) in [6, 6.07) is 11.6. The van der Waals surface area contributed by atoms with Crippen LogP contribution >= 0.6 is 11.6 Å². The Labute approximate surface area is 162 Å². The van der Waals surface area contributed by atoms with E-state index in [1.807, 2.05) is 32.0 Å². The monoisotopic (exact) mass is 388 g/mol. The number of halogens is 1. The molecular weight excluding hydrogens is 368 g/mol. The van der Waals surface area contributed by atoms with Crippen LogP contribution in [0.5, 0.6) is 11.5 Å². The lowest BCUT2D eigenvalue weighted by Crippen LogP contribution is -2.49. The van der Waals surface area contributed by atoms with E-state index in [2.05, 4.69) is 10.6 Å². The van der Waals surface area contributed by atoms with E-state index in [-0.39, 0.29) is 24.5 Å². The summed E-state index contributed by atoms with van der Waals surface area (Å²) in [4.78, 5) is 25.1. The number of nitrogens with one attached hydrogen (secondary N) is 2. The van der Waals surface area contributed by atoms with Crippen LogP contribution in [0.25, 0.3) is 0 Å². The first-order valence-corrected chi connectivity index (χ1v) is 9.05. The lowest BCUT2D eigenvalue weighted by atomic mass is 10.0. The van der Waals surface area contributed by atoms with Crippen molar-refractivity contribution in [2.24, 2.45) is 5.92 Å². The second-order valence-corrected chi connectivity index (χ2v) is 6.99. The van der Waals surface area contributed by atoms with Gasteiger partial charge in [0.2, 0.25) is 12.7 Å². The summed E-state index contributed by atoms with van der Waals surface area (Å²) in [5.74, 6) is 0.625. The summed E-state index contributed by atoms with van der Waals surface area (Å²) in [5, 5.41) is 5.98. The Bertz CT molecular complexity index is 854. The Morgan fingerprint density at radius 2 is 1.85 bits per heavy atom. The van der Waals surface area contributed by atoms with Crippen LogP contribution in [0.15, 0.2) is 42.5 Å². The third kappa shape index (κ3) is 4.52. The highest BCUT2D eigenvalue weighted by Gasteiger charge is 2.25. The van der Waals surface area contributed by atoms with Gasteiger partial charge in [0, 0.05) is 6.54 Å². The van der Waals surface area contributed by atoms with Crippen LogP contribution in [0.3, 0.4) is 0 Å². The van der Waals surface area contributed by atoms with Crippen molar-refractivity contribution in [3.05, 3.63) is 58.6 Å². The normalized spacial score (nSPS) is 13.3. The molecule has 142 valence electrons. The summed E-state index contributed by atoms with van der Waals surface area (Å²) in [6.45, 7) is 4.27. The molecule has 2 N–H and O–H groups in total. The second kappa shape index (κ2) is 8.31. The standard InChI is InChI=1S/C20H21ClN2O4/c1-12(2)18(23-19(24)14-5-3-4-6-15(14)21)20(25)22-10-13-7-8-16-17(9-13)27-11-26-16/h3-9,12,18H,10-11H2,1-2H3,(H,22,25)(H,23,24)/t18-/m0/s1. The number of fused-ring (bicyclic) bond motifs is 1. The number of benzene rings is 2. The molecule has 0 bridgehead atoms. The smallest absolute Gasteiger partial charge is 0.253 e. The van der Waals surface area contributed by atoms with Gasteiger partial charge in [-0.15, -0.1) is 0 Å². The number of ether oxygens (including phenoxy) is 2. The maximum absolute atomic E-state index is 12.6. The van der Waals surface area contributed by atoms with Gasteiger partial charge in [-0.3, -0.25) is 9.59 Å². The quantitative estimate of drug-likeness (QED) is 0.797. The first kappa shape index (κ1) is 19.0. The van der Waals surface area contributed by atoms with Crippen molar-refractivity contribution in [2.45, 2.75) is 26.4 Å². The first-order valence-electron chi connectivity index (χ1n) is 8.67. The van der Waals surface area contributed by atoms with E-state index < -0.39 is 6.04 Å². The zero-order valence-corrected chi connectivity index (χ0v) is 15.9. The van der Waals surface area contributed by atoms with Gasteiger partial charge in [-0.05, 0) is 35.7 Å². The number of carbonyl (C=O) groups excluding carboxylic acids is 2. The molecule has 0 saturated carbocycles. The zero-order chi connectivity index (χ0) is 19.4. The molecule has 3 rings (SSSR count). The molecule has 2 aromatic rings. The Morgan fingerprint density at radius 1 is 1.11 bits per heavy atom. The van der Waals surface area contributed by atoms with Gasteiger partial charge in [-0.25, -0.2) is 0 Å². The highest BCUT2D eigenvalue weighted by atomic mass is 35.5. The summed E-state index contributed by atoms with van der Waals surface area (Å²) in [5.41, 5.74) is 1.22. The molecule has 0 spiro atoms. The summed E-state index contributed by atoms with van der Waals surface area (Å²) >= 11 is 6.07. The minimum Gasteiger partial charge on any atom is -0.454 e. The maximum Gasteiger partial charge on any atom is 0.253 e. The van der Waals surface area contributed by atoms with Crippen LogP contribution in [0, 0.1) is 5.92 Å². The van der Waals surface area contributed by atoms with E-state index >= 15 is 0 Å². The van der Waals surface area contributed by atoms with Gasteiger partial charge in [0.05, 0.1) is 10.6 Å². The van der Waals surface area contributed by atoms with Crippen molar-refractivity contribution in [2.75, 3.05) is 6.79 Å². The molecule has 0 radical (unpaired) electrons. The summed E-state index contributed by atoms with van der Waals surface area (Å²) < 4.78 is 10.6. The van der Waals surface area contributed by atoms with Crippen molar-refractivity contribution in [1.82, 2.24) is 10.6 Å². The summed E-state index contributed by atoms with van der Waals surface area (Å²) in [7, 11) is 0. The fraction of sp³-hybridized carbons (Fsp3) is 0.300. The van der Waals surface area contributed by atoms with Gasteiger partial charge in [-0.2, -0.15) is 0 Å². The Hall–Kier alpha value is -2.73. The third-order valence-electron chi connectivity index (χ3n) is 4.26. The van der Waals surface area contributed by atoms with E-state index in [0.29, 0.717) is 28.6 Å². The summed E-state index contributed by atoms with van der Waals surface area (Å²) in [6.07, 6.45) is 0. The van der Waals surface area contributed by atoms with Crippen LogP contribution in [0.1, 0.15) is 29.8 Å². The number of hydrogen-bond acceptors (Lipinski definition) is 4. The Balaban J connectivity index is 1.63. The largest absolute Gasteiger partial charge is 0.454 e. The highest BCUT2D eigenvalue weighted by molar-refractivity contribution is 6.33. The van der Waals surface area contributed by atoms with Gasteiger partial charge in [-0.1, -0.05) is 43.6 Å². The average Bonchev–Trinajstić information content (AvgIpc) is 3.12. The molecule has 1 aliphatic rings. The lowest BCUT2D eigenvalue weighted by Gasteiger charge is -2.22. The van der Waals surface area contributed by atoms with Crippen molar-refractivity contribution < 1.29 is 19.1 Å². The van der Waals surface area contributed by atoms with Crippen molar-refractivity contribution in [3.63, 3.8) is 0 Å². The van der Waals surface area contributed by atoms with Crippen LogP contribution in [-0.4, -0.2) is 24.6 Å². The zero-order valence-electron chi connectivity index (χ0n) is 15.1. The van der Waals surface area contributed by atoms with E-state index in [1.165, 1.54) is 0 Å². The van der Waals surface area contributed by atoms with Crippen molar-refractivity contribution >= 4 is 23.4 Å². The van der Waals surface area contributed by atoms with Gasteiger partial charge in [0.15, 0.2) is 11.5 Å². The number of rotatable bonds is 6. The molecule has 0 unspecified atom stereocenters. The third-order valence-corrected chi connectivity index (χ3v) is 4.59. The van der Waals surface area contributed by atoms with E-state index in [0.717, 1.165) is 5.56 Å². The molecule has 0 fully saturated rings. The topological polar surface area (TPSA) is 76.7 Å². The van der Waals surface area contributed by atoms with Crippen LogP contribution < -0.4 is 20.1 Å². The van der Waals surface area contributed by atoms with Crippen molar-refractivity contribution in [3.8, 4) is 11.5 Å². The minimum absolute atomic E-state index is 0.0896. The van der Waals surface area contributed by atoms with E-state index in [9.17, 15) is 9.59 Å². The molecule has 0 aliphatic carbocycles. The number of amides is 2. The highest BCUT2D eigenvalue weighted by Crippen LogP contribution is 2.32. The van der Waals surface area contributed by atoms with Gasteiger partial charge in [0.25, 0.3) is 5.91 Å². The maximum atomic E-state index is 12.6. The molecule has 27 heavy (non-hydrogen) atoms. The van der Waals surface area contributed by atoms with Crippen LogP contribution in [0.2, 0.25) is 5.02 Å². The van der Waals surface area contributed by atoms with E-state index in [4.69, 9.17) is 21.1 Å². The predicted octanol–water partition coefficient (Wildman–Crippen LogP) is 3.14. The molecule has 1 heterocycles. The molecule has 1 atom stereocenters. The van der Waals surface area contributed by atoms with Gasteiger partial charge < -0.3 is 20.1 Å². The molecule has 2 aromatic carbocycles. The average molecular weight is 389 g/mol.